The Kier molecular flexibility index (Phi) is 5.69. The number of rotatable bonds is 4. The summed E-state index contributed by atoms with van der Waals surface area (Å²) in [4.78, 5) is 58.1. The van der Waals surface area contributed by atoms with Crippen molar-refractivity contribution in [3.63, 3.8) is 0 Å². The Labute approximate surface area is 200 Å². The molecular formula is C25H23N7O3. The second kappa shape index (κ2) is 8.98. The topological polar surface area (TPSA) is 138 Å². The van der Waals surface area contributed by atoms with Crippen molar-refractivity contribution >= 4 is 34.3 Å². The standard InChI is InChI=1S/C25H23N7O3/c1-15-11-29-21(18-13-28-19(26)14-27-18)22-20(15)17(12-30-22)23(33)25(35)32-9-7-31(8-10-32)24(34)16-5-3-2-4-6-16/h2-6,11-14,30H,7-10H2,1H3,(H2,26,28). The van der Waals surface area contributed by atoms with Gasteiger partial charge in [0, 0.05) is 49.5 Å². The minimum Gasteiger partial charge on any atom is -0.382 e. The summed E-state index contributed by atoms with van der Waals surface area (Å²) in [6, 6.07) is 9.02. The van der Waals surface area contributed by atoms with Gasteiger partial charge < -0.3 is 20.5 Å². The largest absolute Gasteiger partial charge is 0.382 e. The van der Waals surface area contributed by atoms with Crippen LogP contribution in [0.2, 0.25) is 0 Å². The van der Waals surface area contributed by atoms with Crippen LogP contribution in [0.4, 0.5) is 5.82 Å². The summed E-state index contributed by atoms with van der Waals surface area (Å²) < 4.78 is 0. The fraction of sp³-hybridized carbons (Fsp3) is 0.200. The van der Waals surface area contributed by atoms with E-state index >= 15 is 0 Å². The average Bonchev–Trinajstić information content (AvgIpc) is 3.35. The summed E-state index contributed by atoms with van der Waals surface area (Å²) in [6.45, 7) is 3.14. The summed E-state index contributed by atoms with van der Waals surface area (Å²) in [5.74, 6) is -0.997. The van der Waals surface area contributed by atoms with Crippen molar-refractivity contribution in [2.24, 2.45) is 0 Å². The molecule has 0 unspecified atom stereocenters. The van der Waals surface area contributed by atoms with Crippen LogP contribution in [0.3, 0.4) is 0 Å². The molecule has 0 bridgehead atoms. The van der Waals surface area contributed by atoms with Gasteiger partial charge in [0.15, 0.2) is 0 Å². The van der Waals surface area contributed by atoms with E-state index in [0.29, 0.717) is 40.9 Å². The minimum absolute atomic E-state index is 0.0814. The van der Waals surface area contributed by atoms with Gasteiger partial charge in [-0.3, -0.25) is 19.4 Å². The number of nitrogens with zero attached hydrogens (tertiary/aromatic N) is 5. The first-order chi connectivity index (χ1) is 16.9. The van der Waals surface area contributed by atoms with E-state index < -0.39 is 11.7 Å². The van der Waals surface area contributed by atoms with Gasteiger partial charge in [-0.2, -0.15) is 0 Å². The molecule has 0 saturated carbocycles. The number of aryl methyl sites for hydroxylation is 1. The van der Waals surface area contributed by atoms with Crippen LogP contribution in [0.25, 0.3) is 22.3 Å². The maximum Gasteiger partial charge on any atom is 0.295 e. The molecule has 5 rings (SSSR count). The number of H-pyrrole nitrogens is 1. The number of amides is 2. The molecule has 1 saturated heterocycles. The molecule has 3 N–H and O–H groups in total. The zero-order chi connectivity index (χ0) is 24.5. The number of aromatic nitrogens is 4. The number of aromatic amines is 1. The number of nitrogens with one attached hydrogen (secondary N) is 1. The monoisotopic (exact) mass is 469 g/mol. The summed E-state index contributed by atoms with van der Waals surface area (Å²) in [6.07, 6.45) is 6.11. The third-order valence-electron chi connectivity index (χ3n) is 6.13. The van der Waals surface area contributed by atoms with E-state index in [2.05, 4.69) is 19.9 Å². The van der Waals surface area contributed by atoms with Crippen LogP contribution in [0.5, 0.6) is 0 Å². The SMILES string of the molecule is Cc1cnc(-c2cnc(N)cn2)c2[nH]cc(C(=O)C(=O)N3CCN(C(=O)c4ccccc4)CC3)c12. The highest BCUT2D eigenvalue weighted by atomic mass is 16.2. The van der Waals surface area contributed by atoms with E-state index in [4.69, 9.17) is 5.73 Å². The molecule has 176 valence electrons. The van der Waals surface area contributed by atoms with Gasteiger partial charge in [-0.25, -0.2) is 9.97 Å². The molecular weight excluding hydrogens is 446 g/mol. The van der Waals surface area contributed by atoms with Crippen molar-refractivity contribution < 1.29 is 14.4 Å². The molecule has 1 aliphatic heterocycles. The van der Waals surface area contributed by atoms with Gasteiger partial charge in [0.1, 0.15) is 17.2 Å². The van der Waals surface area contributed by atoms with Crippen molar-refractivity contribution in [3.8, 4) is 11.4 Å². The first-order valence-electron chi connectivity index (χ1n) is 11.2. The predicted molar refractivity (Wildman–Crippen MR) is 130 cm³/mol. The normalized spacial score (nSPS) is 13.7. The van der Waals surface area contributed by atoms with Gasteiger partial charge in [0.2, 0.25) is 0 Å². The van der Waals surface area contributed by atoms with Crippen molar-refractivity contribution in [2.45, 2.75) is 6.92 Å². The first kappa shape index (κ1) is 22.2. The zero-order valence-electron chi connectivity index (χ0n) is 19.1. The maximum atomic E-state index is 13.2. The molecule has 1 aromatic carbocycles. The quantitative estimate of drug-likeness (QED) is 0.345. The molecule has 0 atom stereocenters. The molecule has 1 aliphatic rings. The van der Waals surface area contributed by atoms with Crippen molar-refractivity contribution in [1.29, 1.82) is 0 Å². The number of Topliss-reactive ketones (excluding diaryl/α,β-unsaturated/α-hetero) is 1. The third-order valence-corrected chi connectivity index (χ3v) is 6.13. The fourth-order valence-corrected chi connectivity index (χ4v) is 4.28. The zero-order valence-corrected chi connectivity index (χ0v) is 19.1. The Bertz CT molecular complexity index is 1420. The highest BCUT2D eigenvalue weighted by molar-refractivity contribution is 6.45. The van der Waals surface area contributed by atoms with Crippen LogP contribution < -0.4 is 5.73 Å². The number of fused-ring (bicyclic) bond motifs is 1. The molecule has 4 aromatic rings. The second-order valence-corrected chi connectivity index (χ2v) is 8.35. The van der Waals surface area contributed by atoms with Crippen LogP contribution in [0, 0.1) is 6.92 Å². The molecule has 35 heavy (non-hydrogen) atoms. The highest BCUT2D eigenvalue weighted by Crippen LogP contribution is 2.29. The van der Waals surface area contributed by atoms with Gasteiger partial charge >= 0.3 is 0 Å². The van der Waals surface area contributed by atoms with Crippen molar-refractivity contribution in [3.05, 3.63) is 71.8 Å². The number of piperazine rings is 1. The van der Waals surface area contributed by atoms with Gasteiger partial charge in [0.25, 0.3) is 17.6 Å². The predicted octanol–water partition coefficient (Wildman–Crippen LogP) is 2.08. The molecule has 10 nitrogen and oxygen atoms in total. The number of ketones is 1. The van der Waals surface area contributed by atoms with Crippen LogP contribution in [-0.2, 0) is 4.79 Å². The lowest BCUT2D eigenvalue weighted by Gasteiger charge is -2.34. The number of carbonyl (C=O) groups is 3. The number of benzene rings is 1. The lowest BCUT2D eigenvalue weighted by atomic mass is 10.0. The van der Waals surface area contributed by atoms with Crippen molar-refractivity contribution in [2.75, 3.05) is 31.9 Å². The van der Waals surface area contributed by atoms with E-state index in [-0.39, 0.29) is 30.4 Å². The van der Waals surface area contributed by atoms with Gasteiger partial charge in [-0.1, -0.05) is 18.2 Å². The van der Waals surface area contributed by atoms with Crippen molar-refractivity contribution in [1.82, 2.24) is 29.7 Å². The molecule has 0 aliphatic carbocycles. The molecule has 2 amide bonds. The van der Waals surface area contributed by atoms with E-state index in [9.17, 15) is 14.4 Å². The Hall–Kier alpha value is -4.60. The first-order valence-corrected chi connectivity index (χ1v) is 11.2. The van der Waals surface area contributed by atoms with E-state index in [0.717, 1.165) is 5.56 Å². The Morgan fingerprint density at radius 2 is 1.63 bits per heavy atom. The van der Waals surface area contributed by atoms with Crippen LogP contribution in [0.1, 0.15) is 26.3 Å². The lowest BCUT2D eigenvalue weighted by Crippen LogP contribution is -2.52. The smallest absolute Gasteiger partial charge is 0.295 e. The molecule has 0 radical (unpaired) electrons. The molecule has 3 aromatic heterocycles. The number of pyridine rings is 1. The number of anilines is 1. The van der Waals surface area contributed by atoms with Gasteiger partial charge in [0.05, 0.1) is 23.5 Å². The second-order valence-electron chi connectivity index (χ2n) is 8.35. The minimum atomic E-state index is -0.609. The number of carbonyl (C=O) groups excluding carboxylic acids is 3. The van der Waals surface area contributed by atoms with Crippen LogP contribution in [0.15, 0.2) is 55.1 Å². The Balaban J connectivity index is 1.35. The number of hydrogen-bond donors (Lipinski definition) is 2. The van der Waals surface area contributed by atoms with Crippen LogP contribution >= 0.6 is 0 Å². The Morgan fingerprint density at radius 3 is 2.31 bits per heavy atom. The maximum absolute atomic E-state index is 13.2. The summed E-state index contributed by atoms with van der Waals surface area (Å²) in [7, 11) is 0. The summed E-state index contributed by atoms with van der Waals surface area (Å²) in [5, 5.41) is 0.616. The van der Waals surface area contributed by atoms with Crippen LogP contribution in [-0.4, -0.2) is 73.5 Å². The fourth-order valence-electron chi connectivity index (χ4n) is 4.28. The number of nitrogen functional groups attached to an aromatic ring is 1. The van der Waals surface area contributed by atoms with E-state index in [1.165, 1.54) is 23.5 Å². The highest BCUT2D eigenvalue weighted by Gasteiger charge is 2.30. The summed E-state index contributed by atoms with van der Waals surface area (Å²) >= 11 is 0. The molecule has 10 heteroatoms. The molecule has 0 spiro atoms. The van der Waals surface area contributed by atoms with Gasteiger partial charge in [-0.15, -0.1) is 0 Å². The number of nitrogens with two attached hydrogens (primary N) is 1. The third kappa shape index (κ3) is 4.10. The average molecular weight is 470 g/mol. The van der Waals surface area contributed by atoms with E-state index in [1.807, 2.05) is 25.1 Å². The molecule has 1 fully saturated rings. The lowest BCUT2D eigenvalue weighted by molar-refractivity contribution is -0.127. The Morgan fingerprint density at radius 1 is 0.914 bits per heavy atom. The van der Waals surface area contributed by atoms with E-state index in [1.54, 1.807) is 23.2 Å². The molecule has 4 heterocycles. The number of hydrogen-bond acceptors (Lipinski definition) is 7. The van der Waals surface area contributed by atoms with Gasteiger partial charge in [-0.05, 0) is 24.6 Å². The summed E-state index contributed by atoms with van der Waals surface area (Å²) in [5.41, 5.74) is 8.87.